The Morgan fingerprint density at radius 2 is 1.08 bits per heavy atom. The lowest BCUT2D eigenvalue weighted by Crippen LogP contribution is -2.29. The molecule has 1 atom stereocenters. The molecule has 4 nitrogen and oxygen atoms in total. The Hall–Kier alpha value is -6.91. The molecule has 0 radical (unpaired) electrons. The number of nitrogens with zero attached hydrogens (tertiary/aromatic N) is 3. The number of benzene rings is 8. The van der Waals surface area contributed by atoms with Gasteiger partial charge in [0, 0.05) is 27.2 Å². The van der Waals surface area contributed by atoms with Gasteiger partial charge in [0.25, 0.3) is 0 Å². The molecule has 0 spiro atoms. The van der Waals surface area contributed by atoms with Crippen molar-refractivity contribution in [1.29, 1.82) is 0 Å². The molecule has 10 aromatic rings. The van der Waals surface area contributed by atoms with Crippen LogP contribution in [0.3, 0.4) is 0 Å². The minimum absolute atomic E-state index is 0.150. The van der Waals surface area contributed by atoms with Crippen molar-refractivity contribution in [3.8, 4) is 16.8 Å². The van der Waals surface area contributed by atoms with E-state index in [1.165, 1.54) is 54.5 Å². The monoisotopic (exact) mass is 664 g/mol. The van der Waals surface area contributed by atoms with Gasteiger partial charge in [0.05, 0.1) is 33.4 Å². The Bertz CT molecular complexity index is 3030. The van der Waals surface area contributed by atoms with Gasteiger partial charge in [-0.3, -0.25) is 4.57 Å². The van der Waals surface area contributed by atoms with Gasteiger partial charge in [-0.25, -0.2) is 4.99 Å². The third-order valence-corrected chi connectivity index (χ3v) is 10.7. The Labute approximate surface area is 300 Å². The summed E-state index contributed by atoms with van der Waals surface area (Å²) >= 11 is 0. The fourth-order valence-corrected chi connectivity index (χ4v) is 8.46. The summed E-state index contributed by atoms with van der Waals surface area (Å²) in [7, 11) is 0. The lowest BCUT2D eigenvalue weighted by Gasteiger charge is -2.29. The van der Waals surface area contributed by atoms with Crippen LogP contribution in [0.15, 0.2) is 187 Å². The van der Waals surface area contributed by atoms with Crippen LogP contribution in [0.2, 0.25) is 0 Å². The molecule has 4 heteroatoms. The smallest absolute Gasteiger partial charge is 0.141 e. The van der Waals surface area contributed by atoms with Gasteiger partial charge in [-0.15, -0.1) is 0 Å². The molecule has 1 N–H and O–H groups in total. The summed E-state index contributed by atoms with van der Waals surface area (Å²) in [5, 5.41) is 11.3. The molecule has 244 valence electrons. The molecule has 2 aromatic heterocycles. The van der Waals surface area contributed by atoms with Crippen LogP contribution in [-0.2, 0) is 0 Å². The van der Waals surface area contributed by atoms with E-state index < -0.39 is 0 Å². The van der Waals surface area contributed by atoms with Crippen molar-refractivity contribution in [3.63, 3.8) is 0 Å². The number of hydrogen-bond donors (Lipinski definition) is 1. The van der Waals surface area contributed by atoms with Crippen molar-refractivity contribution < 1.29 is 0 Å². The molecule has 52 heavy (non-hydrogen) atoms. The summed E-state index contributed by atoms with van der Waals surface area (Å²) in [6.45, 7) is 0. The van der Waals surface area contributed by atoms with E-state index in [1.54, 1.807) is 0 Å². The first-order valence-electron chi connectivity index (χ1n) is 17.9. The first kappa shape index (κ1) is 28.9. The lowest BCUT2D eigenvalue weighted by molar-refractivity contribution is 0.962. The van der Waals surface area contributed by atoms with Crippen LogP contribution in [-0.4, -0.2) is 15.0 Å². The SMILES string of the molecule is c1ccc(-c2cc3c(c4ccccc24)c2cc4c5ccccc5n(C5=Nc6ccccc6NC5c5ccccc5)c4cc2n3-c2ccccc2)cc1. The minimum atomic E-state index is -0.150. The number of aliphatic imine (C=N–C) groups is 1. The van der Waals surface area contributed by atoms with E-state index in [1.807, 2.05) is 0 Å². The first-order chi connectivity index (χ1) is 25.8. The molecule has 0 fully saturated rings. The van der Waals surface area contributed by atoms with Gasteiger partial charge in [0.15, 0.2) is 0 Å². The van der Waals surface area contributed by atoms with Crippen LogP contribution >= 0.6 is 0 Å². The van der Waals surface area contributed by atoms with E-state index >= 15 is 0 Å². The standard InChI is InChI=1S/C48H32N4/c1-4-16-31(17-5-1)37-29-45-46(36-24-11-10-22-34(36)37)39-28-38-35-23-12-15-27-42(35)52(43(38)30-44(39)51(45)33-20-8-3-9-21-33)48-47(32-18-6-2-7-19-32)49-40-25-13-14-26-41(40)50-48/h1-30,47,49H. The molecule has 0 bridgehead atoms. The zero-order valence-electron chi connectivity index (χ0n) is 28.2. The number of nitrogens with one attached hydrogen (secondary N) is 1. The van der Waals surface area contributed by atoms with Crippen molar-refractivity contribution in [2.45, 2.75) is 6.04 Å². The average molecular weight is 665 g/mol. The van der Waals surface area contributed by atoms with Gasteiger partial charge in [0.1, 0.15) is 11.9 Å². The molecular weight excluding hydrogens is 633 g/mol. The fourth-order valence-electron chi connectivity index (χ4n) is 8.46. The number of anilines is 1. The van der Waals surface area contributed by atoms with E-state index in [2.05, 4.69) is 196 Å². The molecular formula is C48H32N4. The Morgan fingerprint density at radius 3 is 1.88 bits per heavy atom. The highest BCUT2D eigenvalue weighted by molar-refractivity contribution is 6.28. The highest BCUT2D eigenvalue weighted by atomic mass is 15.2. The molecule has 1 unspecified atom stereocenters. The highest BCUT2D eigenvalue weighted by Gasteiger charge is 2.29. The van der Waals surface area contributed by atoms with Crippen molar-refractivity contribution in [2.75, 3.05) is 5.32 Å². The minimum Gasteiger partial charge on any atom is -0.370 e. The molecule has 0 amide bonds. The van der Waals surface area contributed by atoms with Crippen molar-refractivity contribution in [1.82, 2.24) is 9.13 Å². The van der Waals surface area contributed by atoms with Crippen LogP contribution in [0.4, 0.5) is 11.4 Å². The highest BCUT2D eigenvalue weighted by Crippen LogP contribution is 2.45. The summed E-state index contributed by atoms with van der Waals surface area (Å²) in [4.78, 5) is 5.45. The second-order valence-electron chi connectivity index (χ2n) is 13.6. The summed E-state index contributed by atoms with van der Waals surface area (Å²) in [5.74, 6) is 0.953. The summed E-state index contributed by atoms with van der Waals surface area (Å²) in [6.07, 6.45) is 0. The zero-order chi connectivity index (χ0) is 34.2. The van der Waals surface area contributed by atoms with E-state index in [0.29, 0.717) is 0 Å². The van der Waals surface area contributed by atoms with E-state index in [0.717, 1.165) is 39.4 Å². The first-order valence-corrected chi connectivity index (χ1v) is 17.9. The van der Waals surface area contributed by atoms with Crippen LogP contribution in [0, 0.1) is 0 Å². The van der Waals surface area contributed by atoms with Crippen LogP contribution in [0.5, 0.6) is 0 Å². The number of aromatic nitrogens is 2. The van der Waals surface area contributed by atoms with Gasteiger partial charge < -0.3 is 9.88 Å². The molecule has 0 aliphatic carbocycles. The van der Waals surface area contributed by atoms with Gasteiger partial charge in [-0.05, 0) is 76.0 Å². The molecule has 0 saturated carbocycles. The largest absolute Gasteiger partial charge is 0.370 e. The number of para-hydroxylation sites is 4. The van der Waals surface area contributed by atoms with Gasteiger partial charge in [0.2, 0.25) is 0 Å². The van der Waals surface area contributed by atoms with E-state index in [-0.39, 0.29) is 6.04 Å². The van der Waals surface area contributed by atoms with Crippen LogP contribution in [0.25, 0.3) is 71.2 Å². The molecule has 11 rings (SSSR count). The average Bonchev–Trinajstić information content (AvgIpc) is 3.72. The second kappa shape index (κ2) is 11.3. The Balaban J connectivity index is 1.30. The molecule has 1 aliphatic heterocycles. The quantitative estimate of drug-likeness (QED) is 0.200. The number of rotatable bonds is 3. The van der Waals surface area contributed by atoms with Crippen LogP contribution < -0.4 is 5.32 Å². The van der Waals surface area contributed by atoms with Crippen LogP contribution in [0.1, 0.15) is 11.6 Å². The number of fused-ring (bicyclic) bond motifs is 9. The third kappa shape index (κ3) is 4.25. The predicted octanol–water partition coefficient (Wildman–Crippen LogP) is 12.5. The fraction of sp³-hybridized carbons (Fsp3) is 0.0208. The summed E-state index contributed by atoms with van der Waals surface area (Å²) < 4.78 is 4.85. The zero-order valence-corrected chi connectivity index (χ0v) is 28.2. The molecule has 3 heterocycles. The maximum absolute atomic E-state index is 5.45. The summed E-state index contributed by atoms with van der Waals surface area (Å²) in [5.41, 5.74) is 11.3. The topological polar surface area (TPSA) is 34.2 Å². The summed E-state index contributed by atoms with van der Waals surface area (Å²) in [6, 6.07) is 65.3. The number of hydrogen-bond acceptors (Lipinski definition) is 2. The lowest BCUT2D eigenvalue weighted by atomic mass is 9.94. The van der Waals surface area contributed by atoms with E-state index in [4.69, 9.17) is 4.99 Å². The van der Waals surface area contributed by atoms with E-state index in [9.17, 15) is 0 Å². The van der Waals surface area contributed by atoms with Gasteiger partial charge in [-0.1, -0.05) is 133 Å². The van der Waals surface area contributed by atoms with Gasteiger partial charge in [-0.2, -0.15) is 0 Å². The maximum atomic E-state index is 5.45. The van der Waals surface area contributed by atoms with Crippen molar-refractivity contribution in [3.05, 3.63) is 188 Å². The maximum Gasteiger partial charge on any atom is 0.141 e. The Kier molecular flexibility index (Phi) is 6.28. The second-order valence-corrected chi connectivity index (χ2v) is 13.6. The predicted molar refractivity (Wildman–Crippen MR) is 218 cm³/mol. The normalized spacial score (nSPS) is 14.2. The molecule has 8 aromatic carbocycles. The van der Waals surface area contributed by atoms with Crippen molar-refractivity contribution >= 4 is 71.6 Å². The molecule has 0 saturated heterocycles. The van der Waals surface area contributed by atoms with Crippen molar-refractivity contribution in [2.24, 2.45) is 4.99 Å². The third-order valence-electron chi connectivity index (χ3n) is 10.7. The van der Waals surface area contributed by atoms with Gasteiger partial charge >= 0.3 is 0 Å². The Morgan fingerprint density at radius 1 is 0.442 bits per heavy atom. The molecule has 1 aliphatic rings.